The molecule has 0 fully saturated rings. The lowest BCUT2D eigenvalue weighted by Crippen LogP contribution is -2.52. The summed E-state index contributed by atoms with van der Waals surface area (Å²) in [6.45, 7) is 10.9. The molecule has 14 nitrogen and oxygen atoms in total. The van der Waals surface area contributed by atoms with Gasteiger partial charge < -0.3 is 30.3 Å². The Morgan fingerprint density at radius 2 is 1.15 bits per heavy atom. The second-order valence-electron chi connectivity index (χ2n) is 9.18. The van der Waals surface area contributed by atoms with Crippen molar-refractivity contribution in [3.05, 3.63) is 24.3 Å². The molecule has 0 spiro atoms. The van der Waals surface area contributed by atoms with E-state index in [9.17, 15) is 48.6 Å². The number of aliphatic carboxylic acids is 2. The van der Waals surface area contributed by atoms with Crippen molar-refractivity contribution in [3.63, 3.8) is 0 Å². The summed E-state index contributed by atoms with van der Waals surface area (Å²) in [6, 6.07) is 0. The van der Waals surface area contributed by atoms with Crippen molar-refractivity contribution in [3.8, 4) is 0 Å². The van der Waals surface area contributed by atoms with Gasteiger partial charge in [0.25, 0.3) is 0 Å². The molecule has 4 unspecified atom stereocenters. The van der Waals surface area contributed by atoms with Gasteiger partial charge in [-0.3, -0.25) is 38.4 Å². The van der Waals surface area contributed by atoms with Crippen molar-refractivity contribution in [2.75, 3.05) is 26.3 Å². The third kappa shape index (κ3) is 10.1. The first-order valence-electron chi connectivity index (χ1n) is 11.6. The maximum absolute atomic E-state index is 12.7. The Morgan fingerprint density at radius 3 is 1.49 bits per heavy atom. The highest BCUT2D eigenvalue weighted by molar-refractivity contribution is 6.10. The Bertz CT molecular complexity index is 1060. The quantitative estimate of drug-likeness (QED) is 0.103. The van der Waals surface area contributed by atoms with Gasteiger partial charge in [-0.1, -0.05) is 27.0 Å². The normalized spacial score (nSPS) is 14.3. The summed E-state index contributed by atoms with van der Waals surface area (Å²) in [5.74, 6) is -14.4. The molecule has 0 aliphatic rings. The van der Waals surface area contributed by atoms with E-state index >= 15 is 0 Å². The smallest absolute Gasteiger partial charge is 0.325 e. The number of hydrogen-bond acceptors (Lipinski definition) is 10. The predicted octanol–water partition coefficient (Wildman–Crippen LogP) is -0.340. The molecular formula is C25H34N2O12. The van der Waals surface area contributed by atoms with E-state index in [0.29, 0.717) is 6.92 Å². The number of hydrogen-bond donors (Lipinski definition) is 4. The van der Waals surface area contributed by atoms with Crippen molar-refractivity contribution in [1.29, 1.82) is 0 Å². The Hall–Kier alpha value is -4.36. The van der Waals surface area contributed by atoms with Crippen molar-refractivity contribution in [2.24, 2.45) is 23.2 Å². The molecule has 0 aliphatic carbocycles. The summed E-state index contributed by atoms with van der Waals surface area (Å²) in [5, 5.41) is 24.0. The molecule has 0 bridgehead atoms. The topological polar surface area (TPSA) is 220 Å². The summed E-state index contributed by atoms with van der Waals surface area (Å²) < 4.78 is 9.44. The third-order valence-electron chi connectivity index (χ3n) is 5.64. The number of ketones is 2. The summed E-state index contributed by atoms with van der Waals surface area (Å²) >= 11 is 0. The van der Waals surface area contributed by atoms with Gasteiger partial charge >= 0.3 is 23.9 Å². The molecule has 0 aromatic rings. The van der Waals surface area contributed by atoms with Gasteiger partial charge in [0, 0.05) is 36.1 Å². The Morgan fingerprint density at radius 1 is 0.769 bits per heavy atom. The first kappa shape index (κ1) is 34.6. The van der Waals surface area contributed by atoms with Crippen molar-refractivity contribution in [1.82, 2.24) is 10.6 Å². The van der Waals surface area contributed by atoms with E-state index in [1.165, 1.54) is 27.7 Å². The van der Waals surface area contributed by atoms with Crippen molar-refractivity contribution < 1.29 is 58.0 Å². The monoisotopic (exact) mass is 554 g/mol. The minimum atomic E-state index is -3.04. The summed E-state index contributed by atoms with van der Waals surface area (Å²) in [4.78, 5) is 96.6. The molecule has 0 radical (unpaired) electrons. The van der Waals surface area contributed by atoms with Crippen molar-refractivity contribution >= 4 is 47.3 Å². The number of carboxylic acids is 2. The van der Waals surface area contributed by atoms with Gasteiger partial charge in [0.2, 0.25) is 11.8 Å². The van der Waals surface area contributed by atoms with Crippen LogP contribution in [-0.4, -0.2) is 83.8 Å². The van der Waals surface area contributed by atoms with Crippen LogP contribution in [0.2, 0.25) is 0 Å². The SMILES string of the molecule is C=C(C)C(=O)NCC(C)C(=O)COC(=O)C(C(=O)O)C(C)(C(=O)O)C(=O)OCC(=O)C(C)CNC(=O)C(=C)C. The molecule has 4 atom stereocenters. The van der Waals surface area contributed by atoms with E-state index in [4.69, 9.17) is 9.47 Å². The van der Waals surface area contributed by atoms with E-state index in [-0.39, 0.29) is 24.2 Å². The second-order valence-corrected chi connectivity index (χ2v) is 9.18. The first-order chi connectivity index (χ1) is 17.9. The highest BCUT2D eigenvalue weighted by Crippen LogP contribution is 2.31. The predicted molar refractivity (Wildman–Crippen MR) is 133 cm³/mol. The highest BCUT2D eigenvalue weighted by atomic mass is 16.5. The maximum Gasteiger partial charge on any atom is 0.325 e. The fourth-order valence-corrected chi connectivity index (χ4v) is 2.73. The van der Waals surface area contributed by atoms with E-state index < -0.39 is 83.6 Å². The average molecular weight is 555 g/mol. The lowest BCUT2D eigenvalue weighted by Gasteiger charge is -2.27. The number of carbonyl (C=O) groups excluding carboxylic acids is 6. The van der Waals surface area contributed by atoms with Crippen LogP contribution >= 0.6 is 0 Å². The van der Waals surface area contributed by atoms with E-state index in [1.54, 1.807) is 0 Å². The van der Waals surface area contributed by atoms with Gasteiger partial charge in [-0.25, -0.2) is 0 Å². The number of carbonyl (C=O) groups is 8. The second kappa shape index (κ2) is 15.1. The van der Waals surface area contributed by atoms with Crippen molar-refractivity contribution in [2.45, 2.75) is 34.6 Å². The van der Waals surface area contributed by atoms with Gasteiger partial charge in [0.15, 0.2) is 22.9 Å². The van der Waals surface area contributed by atoms with E-state index in [0.717, 1.165) is 0 Å². The molecule has 0 heterocycles. The van der Waals surface area contributed by atoms with Crippen LogP contribution in [0.3, 0.4) is 0 Å². The fraction of sp³-hybridized carbons (Fsp3) is 0.520. The molecule has 216 valence electrons. The van der Waals surface area contributed by atoms with Gasteiger partial charge in [-0.05, 0) is 20.8 Å². The van der Waals surface area contributed by atoms with Crippen LogP contribution in [0.1, 0.15) is 34.6 Å². The minimum absolute atomic E-state index is 0.146. The molecule has 2 amide bonds. The Labute approximate surface area is 224 Å². The van der Waals surface area contributed by atoms with Crippen LogP contribution in [0.5, 0.6) is 0 Å². The molecule has 39 heavy (non-hydrogen) atoms. The summed E-state index contributed by atoms with van der Waals surface area (Å²) in [7, 11) is 0. The number of rotatable bonds is 17. The molecule has 0 saturated heterocycles. The zero-order chi connectivity index (χ0) is 30.7. The molecule has 0 aliphatic heterocycles. The minimum Gasteiger partial charge on any atom is -0.481 e. The Kier molecular flexibility index (Phi) is 13.5. The molecule has 0 saturated carbocycles. The fourth-order valence-electron chi connectivity index (χ4n) is 2.73. The molecule has 0 rings (SSSR count). The van der Waals surface area contributed by atoms with Gasteiger partial charge in [-0.15, -0.1) is 0 Å². The summed E-state index contributed by atoms with van der Waals surface area (Å²) in [6.07, 6.45) is 0. The number of nitrogens with one attached hydrogen (secondary N) is 2. The van der Waals surface area contributed by atoms with Gasteiger partial charge in [-0.2, -0.15) is 0 Å². The molecule has 0 aromatic heterocycles. The maximum atomic E-state index is 12.7. The largest absolute Gasteiger partial charge is 0.481 e. The lowest BCUT2D eigenvalue weighted by molar-refractivity contribution is -0.186. The van der Waals surface area contributed by atoms with E-state index in [1.807, 2.05) is 0 Å². The Balaban J connectivity index is 5.41. The van der Waals surface area contributed by atoms with Crippen LogP contribution in [0.25, 0.3) is 0 Å². The number of esters is 2. The average Bonchev–Trinajstić information content (AvgIpc) is 2.85. The number of ether oxygens (including phenoxy) is 2. The molecule has 0 aromatic carbocycles. The first-order valence-corrected chi connectivity index (χ1v) is 11.6. The van der Waals surface area contributed by atoms with Crippen LogP contribution in [0.15, 0.2) is 24.3 Å². The number of amides is 2. The molecule has 4 N–H and O–H groups in total. The van der Waals surface area contributed by atoms with Gasteiger partial charge in [0.1, 0.15) is 13.2 Å². The van der Waals surface area contributed by atoms with Gasteiger partial charge in [0.05, 0.1) is 0 Å². The zero-order valence-electron chi connectivity index (χ0n) is 22.5. The third-order valence-corrected chi connectivity index (χ3v) is 5.64. The van der Waals surface area contributed by atoms with Crippen LogP contribution in [0, 0.1) is 23.2 Å². The molecule has 14 heteroatoms. The van der Waals surface area contributed by atoms with E-state index in [2.05, 4.69) is 23.8 Å². The number of carboxylic acid groups (broad SMARTS) is 2. The lowest BCUT2D eigenvalue weighted by atomic mass is 9.76. The highest BCUT2D eigenvalue weighted by Gasteiger charge is 2.58. The van der Waals surface area contributed by atoms with Crippen LogP contribution < -0.4 is 10.6 Å². The standard InChI is InChI=1S/C25H34N2O12/c1-12(2)19(30)26-8-14(5)16(28)10-38-22(34)18(21(32)33)25(7,23(35)36)24(37)39-11-17(29)15(6)9-27-20(31)13(3)4/h14-15,18H,1,3,8-11H2,2,4-7H3,(H,26,30)(H,27,31)(H,32,33)(H,35,36). The van der Waals surface area contributed by atoms with Crippen LogP contribution in [0.4, 0.5) is 0 Å². The summed E-state index contributed by atoms with van der Waals surface area (Å²) in [5.41, 5.74) is -2.66. The van der Waals surface area contributed by atoms with Crippen LogP contribution in [-0.2, 0) is 47.8 Å². The molecular weight excluding hydrogens is 520 g/mol. The number of Topliss-reactive ketones (excluding diaryl/α,β-unsaturated/α-hetero) is 2. The zero-order valence-corrected chi connectivity index (χ0v) is 22.5.